The van der Waals surface area contributed by atoms with E-state index in [1.165, 1.54) is 16.8 Å². The molecule has 0 bridgehead atoms. The van der Waals surface area contributed by atoms with Gasteiger partial charge in [-0.2, -0.15) is 0 Å². The van der Waals surface area contributed by atoms with Gasteiger partial charge in [-0.15, -0.1) is 0 Å². The van der Waals surface area contributed by atoms with Crippen LogP contribution in [0.3, 0.4) is 0 Å². The first-order valence-corrected chi connectivity index (χ1v) is 11.6. The number of benzene rings is 1. The van der Waals surface area contributed by atoms with E-state index in [-0.39, 0.29) is 29.8 Å². The molecule has 0 aliphatic carbocycles. The molecule has 0 saturated carbocycles. The minimum Gasteiger partial charge on any atom is -0.347 e. The molecule has 1 aromatic carbocycles. The Bertz CT molecular complexity index is 1190. The standard InChI is InChI=1S/C25H26ClN5O3/c26-19-8-11-22(27-16-19)29-23(32)15-20(17-30-12-3-4-13-30)28-25(34)18-6-9-21(10-7-18)31-14-2-1-5-24(31)33/h1-2,5-11,14,16,20H,3-4,12-13,15,17H2,(H,28,34)(H,27,29,32). The van der Waals surface area contributed by atoms with E-state index in [0.717, 1.165) is 25.9 Å². The lowest BCUT2D eigenvalue weighted by Crippen LogP contribution is -2.45. The van der Waals surface area contributed by atoms with Crippen LogP contribution >= 0.6 is 11.6 Å². The molecule has 3 heterocycles. The van der Waals surface area contributed by atoms with E-state index >= 15 is 0 Å². The summed E-state index contributed by atoms with van der Waals surface area (Å²) < 4.78 is 1.51. The summed E-state index contributed by atoms with van der Waals surface area (Å²) in [7, 11) is 0. The lowest BCUT2D eigenvalue weighted by atomic mass is 10.1. The van der Waals surface area contributed by atoms with Crippen molar-refractivity contribution in [3.8, 4) is 5.69 Å². The molecule has 0 spiro atoms. The Morgan fingerprint density at radius 2 is 1.79 bits per heavy atom. The van der Waals surface area contributed by atoms with E-state index < -0.39 is 0 Å². The van der Waals surface area contributed by atoms with Gasteiger partial charge in [0.25, 0.3) is 11.5 Å². The molecule has 9 heteroatoms. The number of rotatable bonds is 8. The first-order valence-electron chi connectivity index (χ1n) is 11.2. The van der Waals surface area contributed by atoms with Crippen LogP contribution in [0.25, 0.3) is 5.69 Å². The maximum Gasteiger partial charge on any atom is 0.255 e. The lowest BCUT2D eigenvalue weighted by molar-refractivity contribution is -0.116. The number of nitrogens with zero attached hydrogens (tertiary/aromatic N) is 3. The highest BCUT2D eigenvalue weighted by Crippen LogP contribution is 2.13. The largest absolute Gasteiger partial charge is 0.347 e. The van der Waals surface area contributed by atoms with Crippen molar-refractivity contribution in [3.05, 3.63) is 87.9 Å². The molecule has 1 aliphatic rings. The summed E-state index contributed by atoms with van der Waals surface area (Å²) >= 11 is 5.85. The number of halogens is 1. The Labute approximate surface area is 202 Å². The third-order valence-electron chi connectivity index (χ3n) is 5.67. The van der Waals surface area contributed by atoms with Gasteiger partial charge < -0.3 is 15.5 Å². The quantitative estimate of drug-likeness (QED) is 0.517. The molecule has 1 unspecified atom stereocenters. The molecule has 8 nitrogen and oxygen atoms in total. The Balaban J connectivity index is 1.43. The number of aromatic nitrogens is 2. The van der Waals surface area contributed by atoms with Gasteiger partial charge in [-0.3, -0.25) is 19.0 Å². The summed E-state index contributed by atoms with van der Waals surface area (Å²) in [5.41, 5.74) is 0.983. The minimum absolute atomic E-state index is 0.115. The fraction of sp³-hybridized carbons (Fsp3) is 0.280. The Kier molecular flexibility index (Phi) is 7.72. The first-order chi connectivity index (χ1) is 16.5. The van der Waals surface area contributed by atoms with Gasteiger partial charge in [0.15, 0.2) is 0 Å². The van der Waals surface area contributed by atoms with E-state index in [0.29, 0.717) is 28.6 Å². The Hall–Kier alpha value is -3.49. The zero-order valence-electron chi connectivity index (χ0n) is 18.6. The molecule has 2 aromatic heterocycles. The summed E-state index contributed by atoms with van der Waals surface area (Å²) in [6.07, 6.45) is 5.49. The number of carbonyl (C=O) groups is 2. The normalized spacial score (nSPS) is 14.5. The molecule has 1 atom stereocenters. The van der Waals surface area contributed by atoms with Gasteiger partial charge in [-0.25, -0.2) is 4.98 Å². The van der Waals surface area contributed by atoms with Gasteiger partial charge in [0, 0.05) is 42.7 Å². The first kappa shape index (κ1) is 23.7. The van der Waals surface area contributed by atoms with E-state index in [1.54, 1.807) is 54.7 Å². The highest BCUT2D eigenvalue weighted by molar-refractivity contribution is 6.30. The molecule has 1 saturated heterocycles. The lowest BCUT2D eigenvalue weighted by Gasteiger charge is -2.24. The molecule has 34 heavy (non-hydrogen) atoms. The molecule has 1 fully saturated rings. The van der Waals surface area contributed by atoms with E-state index in [9.17, 15) is 14.4 Å². The summed E-state index contributed by atoms with van der Waals surface area (Å²) in [5.74, 6) is -0.0981. The van der Waals surface area contributed by atoms with Crippen LogP contribution in [0, 0.1) is 0 Å². The number of carbonyl (C=O) groups excluding carboxylic acids is 2. The Morgan fingerprint density at radius 3 is 2.47 bits per heavy atom. The van der Waals surface area contributed by atoms with Crippen LogP contribution in [0.5, 0.6) is 0 Å². The van der Waals surface area contributed by atoms with Crippen molar-refractivity contribution < 1.29 is 9.59 Å². The van der Waals surface area contributed by atoms with Gasteiger partial charge in [-0.05, 0) is 68.4 Å². The van der Waals surface area contributed by atoms with Crippen LogP contribution in [0.15, 0.2) is 71.8 Å². The number of likely N-dealkylation sites (tertiary alicyclic amines) is 1. The number of nitrogens with one attached hydrogen (secondary N) is 2. The van der Waals surface area contributed by atoms with Gasteiger partial charge in [0.1, 0.15) is 5.82 Å². The molecule has 2 amide bonds. The van der Waals surface area contributed by atoms with Gasteiger partial charge in [0.05, 0.1) is 11.1 Å². The fourth-order valence-electron chi connectivity index (χ4n) is 3.99. The number of anilines is 1. The maximum absolute atomic E-state index is 13.0. The summed E-state index contributed by atoms with van der Waals surface area (Å²) in [6.45, 7) is 2.49. The van der Waals surface area contributed by atoms with Crippen LogP contribution in [-0.4, -0.2) is 51.9 Å². The number of pyridine rings is 2. The van der Waals surface area contributed by atoms with Crippen molar-refractivity contribution in [2.75, 3.05) is 25.0 Å². The fourth-order valence-corrected chi connectivity index (χ4v) is 4.10. The molecule has 1 aliphatic heterocycles. The zero-order chi connectivity index (χ0) is 23.9. The van der Waals surface area contributed by atoms with Crippen molar-refractivity contribution in [1.82, 2.24) is 19.8 Å². The van der Waals surface area contributed by atoms with E-state index in [4.69, 9.17) is 11.6 Å². The smallest absolute Gasteiger partial charge is 0.255 e. The Morgan fingerprint density at radius 1 is 1.03 bits per heavy atom. The average molecular weight is 480 g/mol. The van der Waals surface area contributed by atoms with Crippen molar-refractivity contribution in [1.29, 1.82) is 0 Å². The zero-order valence-corrected chi connectivity index (χ0v) is 19.4. The SMILES string of the molecule is O=C(CC(CN1CCCC1)NC(=O)c1ccc(-n2ccccc2=O)cc1)Nc1ccc(Cl)cn1. The average Bonchev–Trinajstić information content (AvgIpc) is 3.34. The predicted octanol–water partition coefficient (Wildman–Crippen LogP) is 3.11. The molecular weight excluding hydrogens is 454 g/mol. The van der Waals surface area contributed by atoms with Crippen LogP contribution in [0.2, 0.25) is 5.02 Å². The molecule has 0 radical (unpaired) electrons. The molecule has 3 aromatic rings. The monoisotopic (exact) mass is 479 g/mol. The maximum atomic E-state index is 13.0. The van der Waals surface area contributed by atoms with Crippen LogP contribution in [0.4, 0.5) is 5.82 Å². The highest BCUT2D eigenvalue weighted by atomic mass is 35.5. The second-order valence-corrected chi connectivity index (χ2v) is 8.68. The summed E-state index contributed by atoms with van der Waals surface area (Å²) in [4.78, 5) is 44.0. The molecular formula is C25H26ClN5O3. The topological polar surface area (TPSA) is 96.3 Å². The second-order valence-electron chi connectivity index (χ2n) is 8.25. The molecule has 2 N–H and O–H groups in total. The third kappa shape index (κ3) is 6.30. The van der Waals surface area contributed by atoms with Crippen LogP contribution in [-0.2, 0) is 4.79 Å². The van der Waals surface area contributed by atoms with E-state index in [2.05, 4.69) is 20.5 Å². The van der Waals surface area contributed by atoms with Crippen molar-refractivity contribution >= 4 is 29.2 Å². The summed E-state index contributed by atoms with van der Waals surface area (Å²) in [5, 5.41) is 6.25. The van der Waals surface area contributed by atoms with Gasteiger partial charge in [0.2, 0.25) is 5.91 Å². The second kappa shape index (κ2) is 11.1. The minimum atomic E-state index is -0.366. The highest BCUT2D eigenvalue weighted by Gasteiger charge is 2.22. The number of hydrogen-bond donors (Lipinski definition) is 2. The van der Waals surface area contributed by atoms with Gasteiger partial charge >= 0.3 is 0 Å². The summed E-state index contributed by atoms with van der Waals surface area (Å²) in [6, 6.07) is 14.7. The molecule has 4 rings (SSSR count). The number of hydrogen-bond acceptors (Lipinski definition) is 5. The van der Waals surface area contributed by atoms with Crippen molar-refractivity contribution in [3.63, 3.8) is 0 Å². The van der Waals surface area contributed by atoms with Gasteiger partial charge in [-0.1, -0.05) is 17.7 Å². The predicted molar refractivity (Wildman–Crippen MR) is 131 cm³/mol. The van der Waals surface area contributed by atoms with E-state index in [1.807, 2.05) is 0 Å². The number of amides is 2. The van der Waals surface area contributed by atoms with Crippen molar-refractivity contribution in [2.45, 2.75) is 25.3 Å². The van der Waals surface area contributed by atoms with Crippen molar-refractivity contribution in [2.24, 2.45) is 0 Å². The van der Waals surface area contributed by atoms with Crippen LogP contribution < -0.4 is 16.2 Å². The molecule has 176 valence electrons. The third-order valence-corrected chi connectivity index (χ3v) is 5.89. The van der Waals surface area contributed by atoms with Crippen LogP contribution in [0.1, 0.15) is 29.6 Å².